The fourth-order valence-corrected chi connectivity index (χ4v) is 3.70. The fraction of sp³-hybridized carbons (Fsp3) is 0.522. The lowest BCUT2D eigenvalue weighted by atomic mass is 10.1. The highest BCUT2D eigenvalue weighted by molar-refractivity contribution is 5.53. The molecule has 3 aromatic rings. The molecule has 3 heterocycles. The van der Waals surface area contributed by atoms with Gasteiger partial charge in [0.15, 0.2) is 5.65 Å². The van der Waals surface area contributed by atoms with E-state index in [9.17, 15) is 0 Å². The van der Waals surface area contributed by atoms with Gasteiger partial charge >= 0.3 is 6.01 Å². The summed E-state index contributed by atoms with van der Waals surface area (Å²) >= 11 is 0. The van der Waals surface area contributed by atoms with Crippen molar-refractivity contribution < 1.29 is 9.47 Å². The van der Waals surface area contributed by atoms with Gasteiger partial charge in [-0.1, -0.05) is 32.0 Å². The van der Waals surface area contributed by atoms with Crippen molar-refractivity contribution in [1.82, 2.24) is 24.9 Å². The number of rotatable bonds is 8. The smallest absolute Gasteiger partial charge is 0.322 e. The van der Waals surface area contributed by atoms with Crippen molar-refractivity contribution in [2.75, 3.05) is 18.4 Å². The minimum atomic E-state index is 0.108. The zero-order chi connectivity index (χ0) is 21.8. The predicted octanol–water partition coefficient (Wildman–Crippen LogP) is 3.78. The Morgan fingerprint density at radius 2 is 1.90 bits per heavy atom. The molecule has 0 amide bonds. The van der Waals surface area contributed by atoms with Crippen LogP contribution in [0.3, 0.4) is 0 Å². The summed E-state index contributed by atoms with van der Waals surface area (Å²) in [5.41, 5.74) is 2.91. The molecule has 4 rings (SSSR count). The standard InChI is InChI=1S/C23H32N6O2/c1-15(2)19-14-26-29-21(19)27-23(31-18-9-11-24-12-10-18)28-22(29)25-13-17-7-5-6-8-20(17)30-16(3)4/h5-8,14-16,18,24H,9-13H2,1-4H3,(H,25,27,28). The maximum atomic E-state index is 6.17. The van der Waals surface area contributed by atoms with Crippen LogP contribution < -0.4 is 20.1 Å². The highest BCUT2D eigenvalue weighted by atomic mass is 16.5. The first-order valence-electron chi connectivity index (χ1n) is 11.1. The normalized spacial score (nSPS) is 15.0. The highest BCUT2D eigenvalue weighted by Crippen LogP contribution is 2.25. The molecule has 0 saturated carbocycles. The molecule has 2 aromatic heterocycles. The average molecular weight is 425 g/mol. The van der Waals surface area contributed by atoms with Crippen molar-refractivity contribution in [2.24, 2.45) is 0 Å². The van der Waals surface area contributed by atoms with Crippen molar-refractivity contribution >= 4 is 11.6 Å². The lowest BCUT2D eigenvalue weighted by Crippen LogP contribution is -2.34. The minimum Gasteiger partial charge on any atom is -0.491 e. The van der Waals surface area contributed by atoms with Crippen LogP contribution in [-0.2, 0) is 6.54 Å². The molecule has 0 spiro atoms. The third-order valence-corrected chi connectivity index (χ3v) is 5.33. The van der Waals surface area contributed by atoms with Crippen molar-refractivity contribution in [3.63, 3.8) is 0 Å². The summed E-state index contributed by atoms with van der Waals surface area (Å²) in [6, 6.07) is 8.44. The van der Waals surface area contributed by atoms with Crippen LogP contribution in [0.15, 0.2) is 30.5 Å². The van der Waals surface area contributed by atoms with Gasteiger partial charge in [-0.3, -0.25) is 0 Å². The largest absolute Gasteiger partial charge is 0.491 e. The van der Waals surface area contributed by atoms with E-state index in [1.54, 1.807) is 4.52 Å². The van der Waals surface area contributed by atoms with Crippen LogP contribution in [0, 0.1) is 0 Å². The van der Waals surface area contributed by atoms with Crippen LogP contribution in [-0.4, -0.2) is 44.9 Å². The summed E-state index contributed by atoms with van der Waals surface area (Å²) < 4.78 is 13.9. The van der Waals surface area contributed by atoms with Crippen LogP contribution in [0.2, 0.25) is 0 Å². The number of nitrogens with one attached hydrogen (secondary N) is 2. The molecule has 0 bridgehead atoms. The van der Waals surface area contributed by atoms with Crippen molar-refractivity contribution in [1.29, 1.82) is 0 Å². The number of aromatic nitrogens is 4. The third-order valence-electron chi connectivity index (χ3n) is 5.33. The summed E-state index contributed by atoms with van der Waals surface area (Å²) in [6.45, 7) is 10.8. The van der Waals surface area contributed by atoms with E-state index in [1.807, 2.05) is 38.2 Å². The first kappa shape index (κ1) is 21.4. The van der Waals surface area contributed by atoms with E-state index in [0.717, 1.165) is 48.5 Å². The van der Waals surface area contributed by atoms with Crippen molar-refractivity contribution in [3.05, 3.63) is 41.6 Å². The molecule has 166 valence electrons. The van der Waals surface area contributed by atoms with Gasteiger partial charge in [0.25, 0.3) is 0 Å². The Morgan fingerprint density at radius 1 is 1.13 bits per heavy atom. The molecule has 1 fully saturated rings. The predicted molar refractivity (Wildman–Crippen MR) is 121 cm³/mol. The second kappa shape index (κ2) is 9.51. The summed E-state index contributed by atoms with van der Waals surface area (Å²) in [5, 5.41) is 11.3. The Morgan fingerprint density at radius 3 is 2.65 bits per heavy atom. The van der Waals surface area contributed by atoms with Crippen LogP contribution in [0.25, 0.3) is 5.65 Å². The molecule has 31 heavy (non-hydrogen) atoms. The Bertz CT molecular complexity index is 1010. The third kappa shape index (κ3) is 5.07. The van der Waals surface area contributed by atoms with Crippen LogP contribution in [0.1, 0.15) is 57.6 Å². The van der Waals surface area contributed by atoms with E-state index in [2.05, 4.69) is 40.6 Å². The molecule has 1 aromatic carbocycles. The van der Waals surface area contributed by atoms with E-state index < -0.39 is 0 Å². The van der Waals surface area contributed by atoms with E-state index in [-0.39, 0.29) is 12.2 Å². The number of para-hydroxylation sites is 1. The van der Waals surface area contributed by atoms with Crippen LogP contribution in [0.5, 0.6) is 11.8 Å². The quantitative estimate of drug-likeness (QED) is 0.569. The molecular formula is C23H32N6O2. The molecule has 8 nitrogen and oxygen atoms in total. The number of ether oxygens (including phenoxy) is 2. The highest BCUT2D eigenvalue weighted by Gasteiger charge is 2.20. The second-order valence-corrected chi connectivity index (χ2v) is 8.51. The number of hydrogen-bond donors (Lipinski definition) is 2. The van der Waals surface area contributed by atoms with E-state index in [1.165, 1.54) is 0 Å². The Hall–Kier alpha value is -2.87. The summed E-state index contributed by atoms with van der Waals surface area (Å²) in [5.74, 6) is 1.78. The van der Waals surface area contributed by atoms with Gasteiger partial charge < -0.3 is 20.1 Å². The summed E-state index contributed by atoms with van der Waals surface area (Å²) in [6.07, 6.45) is 4.00. The van der Waals surface area contributed by atoms with E-state index in [0.29, 0.717) is 24.4 Å². The van der Waals surface area contributed by atoms with Gasteiger partial charge in [0.05, 0.1) is 12.3 Å². The number of anilines is 1. The van der Waals surface area contributed by atoms with E-state index >= 15 is 0 Å². The monoisotopic (exact) mass is 424 g/mol. The van der Waals surface area contributed by atoms with Crippen molar-refractivity contribution in [3.8, 4) is 11.8 Å². The maximum absolute atomic E-state index is 6.17. The lowest BCUT2D eigenvalue weighted by molar-refractivity contribution is 0.149. The first-order valence-corrected chi connectivity index (χ1v) is 11.1. The molecule has 1 aliphatic rings. The second-order valence-electron chi connectivity index (χ2n) is 8.51. The molecule has 0 atom stereocenters. The van der Waals surface area contributed by atoms with E-state index in [4.69, 9.17) is 14.5 Å². The summed E-state index contributed by atoms with van der Waals surface area (Å²) in [7, 11) is 0. The van der Waals surface area contributed by atoms with Crippen LogP contribution >= 0.6 is 0 Å². The summed E-state index contributed by atoms with van der Waals surface area (Å²) in [4.78, 5) is 9.37. The van der Waals surface area contributed by atoms with Gasteiger partial charge in [-0.25, -0.2) is 0 Å². The number of hydrogen-bond acceptors (Lipinski definition) is 7. The molecule has 8 heteroatoms. The van der Waals surface area contributed by atoms with Crippen molar-refractivity contribution in [2.45, 2.75) is 65.2 Å². The number of fused-ring (bicyclic) bond motifs is 1. The minimum absolute atomic E-state index is 0.108. The Balaban J connectivity index is 1.63. The fourth-order valence-electron chi connectivity index (χ4n) is 3.70. The average Bonchev–Trinajstić information content (AvgIpc) is 3.18. The Labute approximate surface area is 183 Å². The maximum Gasteiger partial charge on any atom is 0.322 e. The van der Waals surface area contributed by atoms with Gasteiger partial charge in [0.2, 0.25) is 5.95 Å². The zero-order valence-electron chi connectivity index (χ0n) is 18.8. The SMILES string of the molecule is CC(C)Oc1ccccc1CNc1nc(OC2CCNCC2)nc2c(C(C)C)cnn12. The zero-order valence-corrected chi connectivity index (χ0v) is 18.8. The molecule has 1 aliphatic heterocycles. The van der Waals surface area contributed by atoms with Gasteiger partial charge in [0, 0.05) is 17.7 Å². The van der Waals surface area contributed by atoms with Crippen LogP contribution in [0.4, 0.5) is 5.95 Å². The molecule has 0 radical (unpaired) electrons. The molecule has 1 saturated heterocycles. The molecule has 0 unspecified atom stereocenters. The van der Waals surface area contributed by atoms with Gasteiger partial charge in [0.1, 0.15) is 11.9 Å². The number of piperidine rings is 1. The first-order chi connectivity index (χ1) is 15.0. The molecular weight excluding hydrogens is 392 g/mol. The van der Waals surface area contributed by atoms with Gasteiger partial charge in [-0.2, -0.15) is 19.6 Å². The Kier molecular flexibility index (Phi) is 6.56. The molecule has 0 aliphatic carbocycles. The molecule has 2 N–H and O–H groups in total. The van der Waals surface area contributed by atoms with Gasteiger partial charge in [-0.15, -0.1) is 0 Å². The topological polar surface area (TPSA) is 85.6 Å². The lowest BCUT2D eigenvalue weighted by Gasteiger charge is -2.23. The number of nitrogens with zero attached hydrogens (tertiary/aromatic N) is 4. The van der Waals surface area contributed by atoms with Gasteiger partial charge in [-0.05, 0) is 51.8 Å². The number of benzene rings is 1.